The van der Waals surface area contributed by atoms with E-state index >= 15 is 0 Å². The molecule has 0 fully saturated rings. The first-order valence-electron chi connectivity index (χ1n) is 5.30. The van der Waals surface area contributed by atoms with Gasteiger partial charge in [0.25, 0.3) is 0 Å². The Balaban J connectivity index is 2.69. The lowest BCUT2D eigenvalue weighted by molar-refractivity contribution is -0.119. The maximum atomic E-state index is 11.6. The van der Waals surface area contributed by atoms with Crippen LogP contribution < -0.4 is 11.1 Å². The van der Waals surface area contributed by atoms with Gasteiger partial charge in [-0.15, -0.1) is 0 Å². The van der Waals surface area contributed by atoms with E-state index in [-0.39, 0.29) is 17.7 Å². The highest BCUT2D eigenvalue weighted by molar-refractivity contribution is 5.96. The number of hydrogen-bond donors (Lipinski definition) is 3. The predicted molar refractivity (Wildman–Crippen MR) is 65.5 cm³/mol. The van der Waals surface area contributed by atoms with Crippen molar-refractivity contribution in [2.24, 2.45) is 11.7 Å². The highest BCUT2D eigenvalue weighted by atomic mass is 16.1. The fraction of sp³-hybridized carbons (Fsp3) is 0.333. The van der Waals surface area contributed by atoms with Gasteiger partial charge < -0.3 is 11.1 Å². The van der Waals surface area contributed by atoms with Gasteiger partial charge in [-0.3, -0.25) is 10.2 Å². The summed E-state index contributed by atoms with van der Waals surface area (Å²) in [6, 6.07) is 6.93. The number of benzene rings is 1. The van der Waals surface area contributed by atoms with E-state index in [9.17, 15) is 4.79 Å². The number of nitrogen functional groups attached to an aromatic ring is 1. The molecule has 0 aliphatic rings. The number of rotatable bonds is 4. The number of anilines is 1. The van der Waals surface area contributed by atoms with Crippen LogP contribution in [-0.4, -0.2) is 11.7 Å². The van der Waals surface area contributed by atoms with Gasteiger partial charge in [0.15, 0.2) is 0 Å². The zero-order chi connectivity index (χ0) is 12.1. The monoisotopic (exact) mass is 219 g/mol. The highest BCUT2D eigenvalue weighted by Gasteiger charge is 2.10. The average Bonchev–Trinajstić information content (AvgIpc) is 2.28. The fourth-order valence-electron chi connectivity index (χ4n) is 1.18. The van der Waals surface area contributed by atoms with Crippen LogP contribution in [0.4, 0.5) is 5.69 Å². The van der Waals surface area contributed by atoms with Gasteiger partial charge in [-0.25, -0.2) is 0 Å². The summed E-state index contributed by atoms with van der Waals surface area (Å²) < 4.78 is 0. The van der Waals surface area contributed by atoms with Crippen molar-refractivity contribution in [3.8, 4) is 0 Å². The van der Waals surface area contributed by atoms with E-state index < -0.39 is 0 Å². The Hall–Kier alpha value is -1.84. The minimum atomic E-state index is 0.00693. The van der Waals surface area contributed by atoms with E-state index in [1.807, 2.05) is 13.8 Å². The van der Waals surface area contributed by atoms with E-state index in [0.29, 0.717) is 5.56 Å². The molecule has 0 aliphatic carbocycles. The summed E-state index contributed by atoms with van der Waals surface area (Å²) >= 11 is 0. The molecule has 4 N–H and O–H groups in total. The third-order valence-corrected chi connectivity index (χ3v) is 2.52. The molecule has 1 atom stereocenters. The number of hydrogen-bond acceptors (Lipinski definition) is 2. The quantitative estimate of drug-likeness (QED) is 0.534. The zero-order valence-electron chi connectivity index (χ0n) is 9.58. The summed E-state index contributed by atoms with van der Waals surface area (Å²) in [5.41, 5.74) is 6.72. The minimum absolute atomic E-state index is 0.00693. The van der Waals surface area contributed by atoms with Gasteiger partial charge in [0, 0.05) is 17.2 Å². The van der Waals surface area contributed by atoms with Gasteiger partial charge in [0.05, 0.1) is 0 Å². The van der Waals surface area contributed by atoms with Crippen molar-refractivity contribution >= 4 is 17.4 Å². The summed E-state index contributed by atoms with van der Waals surface area (Å²) in [5, 5.41) is 10.0. The number of carbonyl (C=O) groups excluding carboxylic acids is 1. The largest absolute Gasteiger partial charge is 0.384 e. The number of carbonyl (C=O) groups is 1. The number of amidine groups is 1. The molecule has 4 heteroatoms. The van der Waals surface area contributed by atoms with E-state index in [2.05, 4.69) is 5.32 Å². The summed E-state index contributed by atoms with van der Waals surface area (Å²) in [7, 11) is 0. The molecule has 0 radical (unpaired) electrons. The third-order valence-electron chi connectivity index (χ3n) is 2.52. The van der Waals surface area contributed by atoms with Gasteiger partial charge in [-0.1, -0.05) is 13.8 Å². The van der Waals surface area contributed by atoms with Gasteiger partial charge in [0.1, 0.15) is 5.84 Å². The zero-order valence-corrected chi connectivity index (χ0v) is 9.58. The van der Waals surface area contributed by atoms with Gasteiger partial charge in [-0.2, -0.15) is 0 Å². The molecule has 0 heterocycles. The summed E-state index contributed by atoms with van der Waals surface area (Å²) in [5.74, 6) is 0.0466. The Morgan fingerprint density at radius 2 is 2.00 bits per heavy atom. The molecule has 16 heavy (non-hydrogen) atoms. The molecule has 0 bridgehead atoms. The van der Waals surface area contributed by atoms with Crippen LogP contribution in [0, 0.1) is 11.3 Å². The smallest absolute Gasteiger partial charge is 0.227 e. The third kappa shape index (κ3) is 3.08. The highest BCUT2D eigenvalue weighted by Crippen LogP contribution is 2.11. The average molecular weight is 219 g/mol. The Labute approximate surface area is 95.4 Å². The molecule has 0 spiro atoms. The van der Waals surface area contributed by atoms with E-state index in [1.165, 1.54) is 0 Å². The molecule has 0 aliphatic heterocycles. The van der Waals surface area contributed by atoms with Crippen LogP contribution in [0.25, 0.3) is 0 Å². The van der Waals surface area contributed by atoms with Crippen LogP contribution in [0.1, 0.15) is 25.8 Å². The molecule has 1 aromatic rings. The molecule has 1 unspecified atom stereocenters. The first-order chi connectivity index (χ1) is 7.54. The fourth-order valence-corrected chi connectivity index (χ4v) is 1.18. The maximum Gasteiger partial charge on any atom is 0.227 e. The summed E-state index contributed by atoms with van der Waals surface area (Å²) in [6.45, 7) is 3.86. The molecule has 4 nitrogen and oxygen atoms in total. The SMILES string of the molecule is CCC(C)C(=O)Nc1ccc(C(=N)N)cc1. The van der Waals surface area contributed by atoms with Crippen molar-refractivity contribution in [2.75, 3.05) is 5.32 Å². The summed E-state index contributed by atoms with van der Waals surface area (Å²) in [6.07, 6.45) is 0.817. The predicted octanol–water partition coefficient (Wildman–Crippen LogP) is 1.96. The second-order valence-electron chi connectivity index (χ2n) is 3.79. The second kappa shape index (κ2) is 5.30. The molecule has 0 aromatic heterocycles. The van der Waals surface area contributed by atoms with Crippen molar-refractivity contribution in [2.45, 2.75) is 20.3 Å². The topological polar surface area (TPSA) is 79.0 Å². The van der Waals surface area contributed by atoms with Crippen molar-refractivity contribution in [1.82, 2.24) is 0 Å². The number of amides is 1. The lowest BCUT2D eigenvalue weighted by atomic mass is 10.1. The van der Waals surface area contributed by atoms with Crippen molar-refractivity contribution in [1.29, 1.82) is 5.41 Å². The molecular formula is C12H17N3O. The summed E-state index contributed by atoms with van der Waals surface area (Å²) in [4.78, 5) is 11.6. The standard InChI is InChI=1S/C12H17N3O/c1-3-8(2)12(16)15-10-6-4-9(5-7-10)11(13)14/h4-8H,3H2,1-2H3,(H3,13,14)(H,15,16). The van der Waals surface area contributed by atoms with Gasteiger partial charge in [-0.05, 0) is 30.7 Å². The Bertz CT molecular complexity index is 384. The second-order valence-corrected chi connectivity index (χ2v) is 3.79. The maximum absolute atomic E-state index is 11.6. The Kier molecular flexibility index (Phi) is 4.05. The lowest BCUT2D eigenvalue weighted by Gasteiger charge is -2.10. The van der Waals surface area contributed by atoms with E-state index in [4.69, 9.17) is 11.1 Å². The van der Waals surface area contributed by atoms with E-state index in [1.54, 1.807) is 24.3 Å². The molecule has 1 aromatic carbocycles. The van der Waals surface area contributed by atoms with E-state index in [0.717, 1.165) is 12.1 Å². The van der Waals surface area contributed by atoms with Crippen LogP contribution in [0.5, 0.6) is 0 Å². The van der Waals surface area contributed by atoms with Crippen LogP contribution in [0.15, 0.2) is 24.3 Å². The van der Waals surface area contributed by atoms with Crippen LogP contribution in [0.3, 0.4) is 0 Å². The molecule has 1 amide bonds. The minimum Gasteiger partial charge on any atom is -0.384 e. The molecule has 0 saturated carbocycles. The molecular weight excluding hydrogens is 202 g/mol. The van der Waals surface area contributed by atoms with Crippen LogP contribution in [0.2, 0.25) is 0 Å². The Morgan fingerprint density at radius 1 is 1.44 bits per heavy atom. The molecule has 86 valence electrons. The van der Waals surface area contributed by atoms with Crippen molar-refractivity contribution in [3.05, 3.63) is 29.8 Å². The normalized spacial score (nSPS) is 11.9. The van der Waals surface area contributed by atoms with Crippen LogP contribution in [-0.2, 0) is 4.79 Å². The molecule has 0 saturated heterocycles. The van der Waals surface area contributed by atoms with Crippen LogP contribution >= 0.6 is 0 Å². The van der Waals surface area contributed by atoms with Gasteiger partial charge in [0.2, 0.25) is 5.91 Å². The Morgan fingerprint density at radius 3 is 2.44 bits per heavy atom. The van der Waals surface area contributed by atoms with Gasteiger partial charge >= 0.3 is 0 Å². The van der Waals surface area contributed by atoms with Crippen molar-refractivity contribution < 1.29 is 4.79 Å². The lowest BCUT2D eigenvalue weighted by Crippen LogP contribution is -2.19. The first kappa shape index (κ1) is 12.2. The number of nitrogens with one attached hydrogen (secondary N) is 2. The first-order valence-corrected chi connectivity index (χ1v) is 5.30. The molecule has 1 rings (SSSR count). The van der Waals surface area contributed by atoms with Crippen molar-refractivity contribution in [3.63, 3.8) is 0 Å². The number of nitrogens with two attached hydrogens (primary N) is 1.